The summed E-state index contributed by atoms with van der Waals surface area (Å²) in [5.41, 5.74) is -1.51. The van der Waals surface area contributed by atoms with E-state index in [1.807, 2.05) is 6.92 Å². The molecule has 0 aliphatic carbocycles. The van der Waals surface area contributed by atoms with Gasteiger partial charge in [0.25, 0.3) is 12.9 Å². The van der Waals surface area contributed by atoms with Crippen LogP contribution in [-0.4, -0.2) is 22.3 Å². The first-order chi connectivity index (χ1) is 11.8. The van der Waals surface area contributed by atoms with Crippen LogP contribution in [0.5, 0.6) is 5.75 Å². The topological polar surface area (TPSA) is 56.1 Å². The highest BCUT2D eigenvalue weighted by Gasteiger charge is 2.28. The Bertz CT molecular complexity index is 735. The molecule has 0 fully saturated rings. The second-order valence-corrected chi connectivity index (χ2v) is 5.23. The van der Waals surface area contributed by atoms with Crippen molar-refractivity contribution in [2.45, 2.75) is 26.3 Å². The van der Waals surface area contributed by atoms with Crippen LogP contribution in [0.3, 0.4) is 0 Å². The molecule has 1 aromatic heterocycles. The number of ether oxygens (including phenoxy) is 1. The van der Waals surface area contributed by atoms with Gasteiger partial charge in [-0.15, -0.1) is 0 Å². The number of amides is 1. The first-order valence-electron chi connectivity index (χ1n) is 7.18. The maximum absolute atomic E-state index is 13.0. The number of rotatable bonds is 7. The van der Waals surface area contributed by atoms with Crippen molar-refractivity contribution in [2.24, 2.45) is 0 Å². The van der Waals surface area contributed by atoms with Crippen molar-refractivity contribution in [1.82, 2.24) is 9.78 Å². The Balaban J connectivity index is 2.13. The molecule has 0 atom stereocenters. The maximum atomic E-state index is 13.0. The van der Waals surface area contributed by atoms with Crippen molar-refractivity contribution < 1.29 is 27.1 Å². The molecule has 0 unspecified atom stereocenters. The van der Waals surface area contributed by atoms with Crippen LogP contribution >= 0.6 is 11.6 Å². The minimum atomic E-state index is -3.15. The SMILES string of the molecule is CCOc1ccc(NC(=O)Cn2nc(C(F)F)c(Cl)c2C(F)F)cc1. The van der Waals surface area contributed by atoms with Crippen molar-refractivity contribution in [3.8, 4) is 5.75 Å². The van der Waals surface area contributed by atoms with E-state index in [-0.39, 0.29) is 0 Å². The highest BCUT2D eigenvalue weighted by molar-refractivity contribution is 6.32. The van der Waals surface area contributed by atoms with Gasteiger partial charge in [0.15, 0.2) is 0 Å². The molecule has 1 heterocycles. The van der Waals surface area contributed by atoms with E-state index in [1.54, 1.807) is 24.3 Å². The lowest BCUT2D eigenvalue weighted by Gasteiger charge is -2.09. The van der Waals surface area contributed by atoms with Crippen LogP contribution in [0.15, 0.2) is 24.3 Å². The number of hydrogen-bond donors (Lipinski definition) is 1. The zero-order chi connectivity index (χ0) is 18.6. The Labute approximate surface area is 145 Å². The minimum absolute atomic E-state index is 0.388. The van der Waals surface area contributed by atoms with Crippen molar-refractivity contribution in [3.05, 3.63) is 40.7 Å². The van der Waals surface area contributed by atoms with Gasteiger partial charge in [-0.3, -0.25) is 9.48 Å². The van der Waals surface area contributed by atoms with Crippen LogP contribution in [0.25, 0.3) is 0 Å². The highest BCUT2D eigenvalue weighted by atomic mass is 35.5. The molecular formula is C15H14ClF4N3O2. The monoisotopic (exact) mass is 379 g/mol. The highest BCUT2D eigenvalue weighted by Crippen LogP contribution is 2.34. The number of nitrogens with zero attached hydrogens (tertiary/aromatic N) is 2. The van der Waals surface area contributed by atoms with Crippen LogP contribution in [-0.2, 0) is 11.3 Å². The number of alkyl halides is 4. The van der Waals surface area contributed by atoms with Gasteiger partial charge in [-0.25, -0.2) is 17.6 Å². The Hall–Kier alpha value is -2.29. The summed E-state index contributed by atoms with van der Waals surface area (Å²) < 4.78 is 57.3. The average Bonchev–Trinajstić information content (AvgIpc) is 2.86. The number of nitrogens with one attached hydrogen (secondary N) is 1. The van der Waals surface area contributed by atoms with Crippen molar-refractivity contribution >= 4 is 23.2 Å². The van der Waals surface area contributed by atoms with E-state index >= 15 is 0 Å². The van der Waals surface area contributed by atoms with Crippen LogP contribution in [0, 0.1) is 0 Å². The van der Waals surface area contributed by atoms with Gasteiger partial charge in [-0.1, -0.05) is 11.6 Å². The fourth-order valence-electron chi connectivity index (χ4n) is 2.08. The smallest absolute Gasteiger partial charge is 0.283 e. The number of benzene rings is 1. The molecule has 1 N–H and O–H groups in total. The molecule has 2 rings (SSSR count). The molecular weight excluding hydrogens is 366 g/mol. The Morgan fingerprint density at radius 2 is 1.88 bits per heavy atom. The molecule has 1 aromatic carbocycles. The van der Waals surface area contributed by atoms with E-state index in [2.05, 4.69) is 10.4 Å². The molecule has 0 spiro atoms. The zero-order valence-corrected chi connectivity index (χ0v) is 13.7. The second kappa shape index (κ2) is 8.19. The van der Waals surface area contributed by atoms with Gasteiger partial charge in [-0.05, 0) is 31.2 Å². The maximum Gasteiger partial charge on any atom is 0.283 e. The molecule has 10 heteroatoms. The van der Waals surface area contributed by atoms with Crippen LogP contribution < -0.4 is 10.1 Å². The van der Waals surface area contributed by atoms with Gasteiger partial charge in [0.05, 0.1) is 11.6 Å². The summed E-state index contributed by atoms with van der Waals surface area (Å²) in [7, 11) is 0. The summed E-state index contributed by atoms with van der Waals surface area (Å²) in [4.78, 5) is 12.0. The molecule has 0 aliphatic rings. The largest absolute Gasteiger partial charge is 0.494 e. The third-order valence-corrected chi connectivity index (χ3v) is 3.50. The summed E-state index contributed by atoms with van der Waals surface area (Å²) in [6.07, 6.45) is -6.27. The van der Waals surface area contributed by atoms with Crippen LogP contribution in [0.1, 0.15) is 31.2 Å². The van der Waals surface area contributed by atoms with Crippen molar-refractivity contribution in [2.75, 3.05) is 11.9 Å². The molecule has 1 amide bonds. The number of carbonyl (C=O) groups is 1. The molecule has 136 valence electrons. The van der Waals surface area contributed by atoms with E-state index < -0.39 is 41.7 Å². The number of carbonyl (C=O) groups excluding carboxylic acids is 1. The fraction of sp³-hybridized carbons (Fsp3) is 0.333. The summed E-state index contributed by atoms with van der Waals surface area (Å²) in [5, 5.41) is 4.94. The molecule has 0 aliphatic heterocycles. The van der Waals surface area contributed by atoms with E-state index in [1.165, 1.54) is 0 Å². The minimum Gasteiger partial charge on any atom is -0.494 e. The Kier molecular flexibility index (Phi) is 6.24. The van der Waals surface area contributed by atoms with Gasteiger partial charge >= 0.3 is 0 Å². The van der Waals surface area contributed by atoms with Crippen LogP contribution in [0.4, 0.5) is 23.2 Å². The lowest BCUT2D eigenvalue weighted by atomic mass is 10.3. The molecule has 0 saturated carbocycles. The predicted octanol–water partition coefficient (Wildman–Crippen LogP) is 4.45. The predicted molar refractivity (Wildman–Crippen MR) is 83.4 cm³/mol. The number of anilines is 1. The lowest BCUT2D eigenvalue weighted by Crippen LogP contribution is -2.21. The van der Waals surface area contributed by atoms with Gasteiger partial charge in [0.1, 0.15) is 23.7 Å². The standard InChI is InChI=1S/C15H14ClF4N3O2/c1-2-25-9-5-3-8(4-6-9)21-10(24)7-23-13(15(19)20)11(16)12(22-23)14(17)18/h3-6,14-15H,2,7H2,1H3,(H,21,24). The summed E-state index contributed by atoms with van der Waals surface area (Å²) in [6, 6.07) is 6.34. The van der Waals surface area contributed by atoms with Gasteiger partial charge in [-0.2, -0.15) is 5.10 Å². The molecule has 5 nitrogen and oxygen atoms in total. The van der Waals surface area contributed by atoms with Crippen LogP contribution in [0.2, 0.25) is 5.02 Å². The van der Waals surface area contributed by atoms with E-state index in [0.29, 0.717) is 22.7 Å². The van der Waals surface area contributed by atoms with Gasteiger partial charge in [0, 0.05) is 5.69 Å². The van der Waals surface area contributed by atoms with Gasteiger partial charge in [0.2, 0.25) is 5.91 Å². The Morgan fingerprint density at radius 1 is 1.24 bits per heavy atom. The lowest BCUT2D eigenvalue weighted by molar-refractivity contribution is -0.117. The Morgan fingerprint density at radius 3 is 2.40 bits per heavy atom. The molecule has 25 heavy (non-hydrogen) atoms. The summed E-state index contributed by atoms with van der Waals surface area (Å²) >= 11 is 5.52. The summed E-state index contributed by atoms with van der Waals surface area (Å²) in [5.74, 6) is -0.119. The third-order valence-electron chi connectivity index (χ3n) is 3.11. The second-order valence-electron chi connectivity index (χ2n) is 4.85. The first-order valence-corrected chi connectivity index (χ1v) is 7.56. The van der Waals surface area contributed by atoms with E-state index in [4.69, 9.17) is 16.3 Å². The molecule has 0 bridgehead atoms. The zero-order valence-electron chi connectivity index (χ0n) is 13.0. The van der Waals surface area contributed by atoms with E-state index in [0.717, 1.165) is 0 Å². The summed E-state index contributed by atoms with van der Waals surface area (Å²) in [6.45, 7) is 1.62. The normalized spacial score (nSPS) is 11.2. The molecule has 2 aromatic rings. The van der Waals surface area contributed by atoms with Gasteiger partial charge < -0.3 is 10.1 Å². The van der Waals surface area contributed by atoms with Crippen molar-refractivity contribution in [3.63, 3.8) is 0 Å². The van der Waals surface area contributed by atoms with Crippen molar-refractivity contribution in [1.29, 1.82) is 0 Å². The molecule has 0 saturated heterocycles. The van der Waals surface area contributed by atoms with E-state index in [9.17, 15) is 22.4 Å². The average molecular weight is 380 g/mol. The number of hydrogen-bond acceptors (Lipinski definition) is 3. The first kappa shape index (κ1) is 19.0. The quantitative estimate of drug-likeness (QED) is 0.723. The number of aromatic nitrogens is 2. The fourth-order valence-corrected chi connectivity index (χ4v) is 2.38. The number of halogens is 5. The third kappa shape index (κ3) is 4.62. The molecule has 0 radical (unpaired) electrons.